The Morgan fingerprint density at radius 1 is 1.52 bits per heavy atom. The Hall–Kier alpha value is -3.10. The standard InChI is InChI=1S/C18H19F3N6O2/c1-11-10-29-7-6-27(11)16-8-12(2-3-14(28)18(19,20)21)13(9-22)17(25-16)24-15-4-5-23-26-15/h4-5,8-9,11,14,22,28H,6-7,10H2,1H3,(H2,23,24,25,26)/t11-,14?/m1/s1. The number of aliphatic hydroxyl groups excluding tert-OH is 1. The minimum absolute atomic E-state index is 0.0105. The van der Waals surface area contributed by atoms with Crippen LogP contribution in [-0.4, -0.2) is 64.6 Å². The molecule has 3 rings (SSSR count). The number of alkyl halides is 3. The minimum atomic E-state index is -4.86. The van der Waals surface area contributed by atoms with Crippen molar-refractivity contribution in [3.63, 3.8) is 0 Å². The Bertz CT molecular complexity index is 920. The fourth-order valence-corrected chi connectivity index (χ4v) is 2.78. The average Bonchev–Trinajstić information content (AvgIpc) is 3.18. The van der Waals surface area contributed by atoms with Gasteiger partial charge in [-0.15, -0.1) is 0 Å². The number of ether oxygens (including phenoxy) is 1. The zero-order chi connectivity index (χ0) is 21.0. The SMILES string of the molecule is C[C@@H]1COCCN1c1cc(C#CC(O)C(F)(F)F)c(C=N)c(Nc2ccn[nH]2)n1. The summed E-state index contributed by atoms with van der Waals surface area (Å²) in [5.41, 5.74) is 0.320. The first-order chi connectivity index (χ1) is 13.8. The van der Waals surface area contributed by atoms with Crippen molar-refractivity contribution < 1.29 is 23.0 Å². The zero-order valence-corrected chi connectivity index (χ0v) is 15.4. The van der Waals surface area contributed by atoms with E-state index in [1.807, 2.05) is 11.8 Å². The molecule has 3 heterocycles. The Labute approximate surface area is 164 Å². The first-order valence-electron chi connectivity index (χ1n) is 8.72. The van der Waals surface area contributed by atoms with Gasteiger partial charge in [-0.05, 0) is 13.0 Å². The van der Waals surface area contributed by atoms with Gasteiger partial charge in [-0.1, -0.05) is 11.8 Å². The van der Waals surface area contributed by atoms with E-state index >= 15 is 0 Å². The van der Waals surface area contributed by atoms with Crippen molar-refractivity contribution >= 4 is 23.7 Å². The first-order valence-corrected chi connectivity index (χ1v) is 8.72. The van der Waals surface area contributed by atoms with Crippen LogP contribution in [0.2, 0.25) is 0 Å². The largest absolute Gasteiger partial charge is 0.425 e. The van der Waals surface area contributed by atoms with Crippen molar-refractivity contribution in [2.24, 2.45) is 0 Å². The van der Waals surface area contributed by atoms with E-state index in [0.29, 0.717) is 31.4 Å². The van der Waals surface area contributed by atoms with E-state index in [9.17, 15) is 18.3 Å². The summed E-state index contributed by atoms with van der Waals surface area (Å²) in [7, 11) is 0. The predicted molar refractivity (Wildman–Crippen MR) is 101 cm³/mol. The van der Waals surface area contributed by atoms with Crippen LogP contribution in [0.4, 0.5) is 30.6 Å². The number of H-pyrrole nitrogens is 1. The molecule has 154 valence electrons. The van der Waals surface area contributed by atoms with Crippen molar-refractivity contribution in [3.8, 4) is 11.8 Å². The second kappa shape index (κ2) is 8.50. The van der Waals surface area contributed by atoms with Gasteiger partial charge >= 0.3 is 6.18 Å². The van der Waals surface area contributed by atoms with Gasteiger partial charge in [-0.25, -0.2) is 4.98 Å². The normalized spacial score (nSPS) is 18.0. The van der Waals surface area contributed by atoms with Crippen LogP contribution >= 0.6 is 0 Å². The third kappa shape index (κ3) is 4.85. The summed E-state index contributed by atoms with van der Waals surface area (Å²) in [6, 6.07) is 3.14. The van der Waals surface area contributed by atoms with Gasteiger partial charge in [0.1, 0.15) is 17.5 Å². The third-order valence-corrected chi connectivity index (χ3v) is 4.26. The van der Waals surface area contributed by atoms with Gasteiger partial charge in [-0.3, -0.25) is 5.10 Å². The molecule has 0 aliphatic carbocycles. The van der Waals surface area contributed by atoms with Crippen LogP contribution < -0.4 is 10.2 Å². The molecule has 11 heteroatoms. The Balaban J connectivity index is 2.08. The van der Waals surface area contributed by atoms with Gasteiger partial charge in [0.25, 0.3) is 0 Å². The molecule has 0 amide bonds. The van der Waals surface area contributed by atoms with Crippen LogP contribution in [0.15, 0.2) is 18.3 Å². The molecule has 0 saturated carbocycles. The number of aliphatic hydroxyl groups is 1. The number of morpholine rings is 1. The van der Waals surface area contributed by atoms with E-state index < -0.39 is 12.3 Å². The van der Waals surface area contributed by atoms with Crippen LogP contribution in [0.5, 0.6) is 0 Å². The van der Waals surface area contributed by atoms with Gasteiger partial charge in [0.15, 0.2) is 0 Å². The summed E-state index contributed by atoms with van der Waals surface area (Å²) in [5.74, 6) is 5.34. The highest BCUT2D eigenvalue weighted by atomic mass is 19.4. The number of nitrogens with one attached hydrogen (secondary N) is 3. The monoisotopic (exact) mass is 408 g/mol. The summed E-state index contributed by atoms with van der Waals surface area (Å²) in [5, 5.41) is 26.4. The van der Waals surface area contributed by atoms with E-state index in [1.54, 1.807) is 12.0 Å². The molecule has 8 nitrogen and oxygen atoms in total. The molecule has 0 spiro atoms. The Morgan fingerprint density at radius 2 is 2.31 bits per heavy atom. The number of pyridine rings is 1. The fourth-order valence-electron chi connectivity index (χ4n) is 2.78. The van der Waals surface area contributed by atoms with E-state index in [1.165, 1.54) is 12.3 Å². The van der Waals surface area contributed by atoms with Gasteiger partial charge in [0.2, 0.25) is 6.10 Å². The number of rotatable bonds is 4. The maximum absolute atomic E-state index is 12.6. The minimum Gasteiger partial charge on any atom is -0.377 e. The molecule has 4 N–H and O–H groups in total. The number of hydrogen-bond donors (Lipinski definition) is 4. The summed E-state index contributed by atoms with van der Waals surface area (Å²) >= 11 is 0. The fraction of sp³-hybridized carbons (Fsp3) is 0.389. The smallest absolute Gasteiger partial charge is 0.377 e. The number of aromatic amines is 1. The molecule has 0 radical (unpaired) electrons. The number of halogens is 3. The molecule has 1 aliphatic rings. The Morgan fingerprint density at radius 3 is 2.93 bits per heavy atom. The molecular weight excluding hydrogens is 389 g/mol. The molecule has 1 saturated heterocycles. The number of anilines is 3. The van der Waals surface area contributed by atoms with E-state index in [2.05, 4.69) is 26.4 Å². The third-order valence-electron chi connectivity index (χ3n) is 4.26. The summed E-state index contributed by atoms with van der Waals surface area (Å²) in [6.07, 6.45) is -5.18. The van der Waals surface area contributed by atoms with Crippen LogP contribution in [0, 0.1) is 17.3 Å². The van der Waals surface area contributed by atoms with Crippen LogP contribution in [0.25, 0.3) is 0 Å². The van der Waals surface area contributed by atoms with Gasteiger partial charge < -0.3 is 25.5 Å². The lowest BCUT2D eigenvalue weighted by molar-refractivity contribution is -0.184. The van der Waals surface area contributed by atoms with E-state index in [0.717, 1.165) is 6.21 Å². The summed E-state index contributed by atoms with van der Waals surface area (Å²) in [4.78, 5) is 6.48. The molecule has 0 aromatic carbocycles. The number of nitrogens with zero attached hydrogens (tertiary/aromatic N) is 3. The van der Waals surface area contributed by atoms with Crippen molar-refractivity contribution in [3.05, 3.63) is 29.5 Å². The first kappa shape index (κ1) is 20.6. The summed E-state index contributed by atoms with van der Waals surface area (Å²) < 4.78 is 43.3. The van der Waals surface area contributed by atoms with Gasteiger partial charge in [-0.2, -0.15) is 18.3 Å². The van der Waals surface area contributed by atoms with Crippen molar-refractivity contribution in [2.75, 3.05) is 30.0 Å². The molecule has 2 aromatic rings. The summed E-state index contributed by atoms with van der Waals surface area (Å²) in [6.45, 7) is 3.44. The number of hydrogen-bond acceptors (Lipinski definition) is 7. The maximum Gasteiger partial charge on any atom is 0.425 e. The molecule has 29 heavy (non-hydrogen) atoms. The van der Waals surface area contributed by atoms with Crippen molar-refractivity contribution in [1.82, 2.24) is 15.2 Å². The molecular formula is C18H19F3N6O2. The van der Waals surface area contributed by atoms with E-state index in [-0.39, 0.29) is 23.0 Å². The second-order valence-electron chi connectivity index (χ2n) is 6.36. The number of aromatic nitrogens is 3. The molecule has 2 aromatic heterocycles. The lowest BCUT2D eigenvalue weighted by atomic mass is 10.1. The Kier molecular flexibility index (Phi) is 6.05. The molecule has 1 fully saturated rings. The molecule has 2 atom stereocenters. The second-order valence-corrected chi connectivity index (χ2v) is 6.36. The van der Waals surface area contributed by atoms with Crippen molar-refractivity contribution in [1.29, 1.82) is 5.41 Å². The van der Waals surface area contributed by atoms with Crippen LogP contribution in [0.1, 0.15) is 18.1 Å². The lowest BCUT2D eigenvalue weighted by Crippen LogP contribution is -2.44. The topological polar surface area (TPSA) is 110 Å². The zero-order valence-electron chi connectivity index (χ0n) is 15.4. The quantitative estimate of drug-likeness (QED) is 0.455. The van der Waals surface area contributed by atoms with Crippen LogP contribution in [-0.2, 0) is 4.74 Å². The van der Waals surface area contributed by atoms with Crippen LogP contribution in [0.3, 0.4) is 0 Å². The molecule has 0 bridgehead atoms. The van der Waals surface area contributed by atoms with Gasteiger partial charge in [0.05, 0.1) is 31.0 Å². The predicted octanol–water partition coefficient (Wildman–Crippen LogP) is 2.05. The highest BCUT2D eigenvalue weighted by Crippen LogP contribution is 2.27. The lowest BCUT2D eigenvalue weighted by Gasteiger charge is -2.34. The highest BCUT2D eigenvalue weighted by molar-refractivity contribution is 5.90. The van der Waals surface area contributed by atoms with Crippen molar-refractivity contribution in [2.45, 2.75) is 25.2 Å². The maximum atomic E-state index is 12.6. The average molecular weight is 408 g/mol. The van der Waals surface area contributed by atoms with Gasteiger partial charge in [0, 0.05) is 24.4 Å². The molecule has 1 aliphatic heterocycles. The van der Waals surface area contributed by atoms with E-state index in [4.69, 9.17) is 10.1 Å². The highest BCUT2D eigenvalue weighted by Gasteiger charge is 2.37. The molecule has 1 unspecified atom stereocenters.